The number of nitrogens with one attached hydrogen (secondary N) is 5. The lowest BCUT2D eigenvalue weighted by Crippen LogP contribution is -2.24. The van der Waals surface area contributed by atoms with Gasteiger partial charge in [0, 0.05) is 50.3 Å². The van der Waals surface area contributed by atoms with Crippen LogP contribution in [0.2, 0.25) is 0 Å². The molecule has 1 amide bonds. The summed E-state index contributed by atoms with van der Waals surface area (Å²) in [5, 5.41) is 15.6. The van der Waals surface area contributed by atoms with Crippen molar-refractivity contribution in [2.45, 2.75) is 20.4 Å². The largest absolute Gasteiger partial charge is 0.392 e. The molecule has 42 heavy (non-hydrogen) atoms. The number of aryl methyl sites for hydroxylation is 2. The highest BCUT2D eigenvalue weighted by atomic mass is 19.1. The number of pyridine rings is 1. The Kier molecular flexibility index (Phi) is 10.1. The van der Waals surface area contributed by atoms with E-state index in [0.717, 1.165) is 42.1 Å². The van der Waals surface area contributed by atoms with E-state index >= 15 is 0 Å². The van der Waals surface area contributed by atoms with Gasteiger partial charge in [-0.05, 0) is 86.0 Å². The zero-order valence-electron chi connectivity index (χ0n) is 24.4. The normalized spacial score (nSPS) is 11.1. The van der Waals surface area contributed by atoms with Gasteiger partial charge in [0.15, 0.2) is 5.65 Å². The SMILES string of the molecule is C=C/C(=C\NC)Nc1cccn2c(C#Cc3cc(C(=O)Nc4ccc(CNCCNC)c(C)c4)c(F)cc3C)cnc12. The van der Waals surface area contributed by atoms with Crippen molar-refractivity contribution in [3.63, 3.8) is 0 Å². The molecule has 0 aliphatic heterocycles. The number of likely N-dealkylation sites (N-methyl/N-ethyl adjacent to an activating group) is 1. The number of rotatable bonds is 11. The smallest absolute Gasteiger partial charge is 0.258 e. The van der Waals surface area contributed by atoms with Crippen molar-refractivity contribution in [1.82, 2.24) is 25.3 Å². The Morgan fingerprint density at radius 2 is 1.90 bits per heavy atom. The molecule has 0 aliphatic rings. The molecule has 0 unspecified atom stereocenters. The Balaban J connectivity index is 1.54. The molecule has 4 rings (SSSR count). The van der Waals surface area contributed by atoms with Crippen molar-refractivity contribution >= 4 is 22.9 Å². The molecule has 0 atom stereocenters. The molecule has 0 bridgehead atoms. The van der Waals surface area contributed by atoms with Gasteiger partial charge in [0.2, 0.25) is 0 Å². The molecule has 4 aromatic rings. The minimum atomic E-state index is -0.601. The molecular formula is C33H36FN7O. The maximum absolute atomic E-state index is 14.9. The number of fused-ring (bicyclic) bond motifs is 1. The summed E-state index contributed by atoms with van der Waals surface area (Å²) in [6.07, 6.45) is 7.05. The fourth-order valence-corrected chi connectivity index (χ4v) is 4.38. The van der Waals surface area contributed by atoms with Crippen LogP contribution in [0, 0.1) is 31.5 Å². The van der Waals surface area contributed by atoms with E-state index in [1.807, 2.05) is 61.9 Å². The first-order valence-corrected chi connectivity index (χ1v) is 13.7. The summed E-state index contributed by atoms with van der Waals surface area (Å²) in [6.45, 7) is 10.0. The molecule has 0 aliphatic carbocycles. The maximum Gasteiger partial charge on any atom is 0.258 e. The van der Waals surface area contributed by atoms with Crippen LogP contribution < -0.4 is 26.6 Å². The van der Waals surface area contributed by atoms with E-state index in [-0.39, 0.29) is 5.56 Å². The Morgan fingerprint density at radius 3 is 2.64 bits per heavy atom. The molecule has 0 radical (unpaired) electrons. The van der Waals surface area contributed by atoms with Gasteiger partial charge in [-0.15, -0.1) is 0 Å². The summed E-state index contributed by atoms with van der Waals surface area (Å²) in [6, 6.07) is 12.3. The molecular weight excluding hydrogens is 529 g/mol. The van der Waals surface area contributed by atoms with Crippen LogP contribution in [0.3, 0.4) is 0 Å². The predicted octanol–water partition coefficient (Wildman–Crippen LogP) is 4.71. The van der Waals surface area contributed by atoms with Gasteiger partial charge in [0.25, 0.3) is 5.91 Å². The van der Waals surface area contributed by atoms with Crippen LogP contribution in [0.15, 0.2) is 79.4 Å². The summed E-state index contributed by atoms with van der Waals surface area (Å²) in [4.78, 5) is 17.6. The first kappa shape index (κ1) is 30.1. The zero-order chi connectivity index (χ0) is 30.1. The van der Waals surface area contributed by atoms with Crippen LogP contribution in [0.1, 0.15) is 38.3 Å². The number of halogens is 1. The number of hydrogen-bond acceptors (Lipinski definition) is 6. The Hall–Kier alpha value is -4.91. The molecule has 2 aromatic heterocycles. The van der Waals surface area contributed by atoms with Gasteiger partial charge in [-0.1, -0.05) is 18.6 Å². The predicted molar refractivity (Wildman–Crippen MR) is 168 cm³/mol. The van der Waals surface area contributed by atoms with E-state index in [9.17, 15) is 9.18 Å². The lowest BCUT2D eigenvalue weighted by Gasteiger charge is -2.12. The second kappa shape index (κ2) is 14.1. The van der Waals surface area contributed by atoms with Gasteiger partial charge in [0.05, 0.1) is 23.1 Å². The van der Waals surface area contributed by atoms with Crippen LogP contribution in [0.4, 0.5) is 15.8 Å². The van der Waals surface area contributed by atoms with Gasteiger partial charge in [-0.2, -0.15) is 0 Å². The van der Waals surface area contributed by atoms with Crippen LogP contribution in [0.25, 0.3) is 5.65 Å². The summed E-state index contributed by atoms with van der Waals surface area (Å²) in [7, 11) is 3.72. The van der Waals surface area contributed by atoms with E-state index in [1.165, 1.54) is 12.1 Å². The van der Waals surface area contributed by atoms with Gasteiger partial charge >= 0.3 is 0 Å². The van der Waals surface area contributed by atoms with Crippen molar-refractivity contribution in [2.75, 3.05) is 37.8 Å². The van der Waals surface area contributed by atoms with E-state index in [2.05, 4.69) is 50.0 Å². The third-order valence-electron chi connectivity index (χ3n) is 6.69. The fourth-order valence-electron chi connectivity index (χ4n) is 4.38. The fraction of sp³-hybridized carbons (Fsp3) is 0.212. The number of amides is 1. The first-order valence-electron chi connectivity index (χ1n) is 13.7. The van der Waals surface area contributed by atoms with Gasteiger partial charge < -0.3 is 26.6 Å². The molecule has 2 aromatic carbocycles. The number of benzene rings is 2. The third kappa shape index (κ3) is 7.23. The topological polar surface area (TPSA) is 94.5 Å². The molecule has 0 saturated carbocycles. The maximum atomic E-state index is 14.9. The van der Waals surface area contributed by atoms with Crippen LogP contribution >= 0.6 is 0 Å². The van der Waals surface area contributed by atoms with Crippen molar-refractivity contribution < 1.29 is 9.18 Å². The van der Waals surface area contributed by atoms with E-state index < -0.39 is 11.7 Å². The molecule has 0 saturated heterocycles. The molecule has 0 spiro atoms. The lowest BCUT2D eigenvalue weighted by molar-refractivity contribution is 0.102. The summed E-state index contributed by atoms with van der Waals surface area (Å²) < 4.78 is 16.8. The molecule has 9 heteroatoms. The highest BCUT2D eigenvalue weighted by Crippen LogP contribution is 2.21. The molecule has 216 valence electrons. The minimum absolute atomic E-state index is 0.0711. The number of aromatic nitrogens is 2. The van der Waals surface area contributed by atoms with Crippen molar-refractivity contribution in [3.8, 4) is 11.8 Å². The van der Waals surface area contributed by atoms with E-state index in [1.54, 1.807) is 25.4 Å². The Morgan fingerprint density at radius 1 is 1.07 bits per heavy atom. The molecule has 2 heterocycles. The van der Waals surface area contributed by atoms with Crippen molar-refractivity contribution in [3.05, 3.63) is 119 Å². The van der Waals surface area contributed by atoms with Crippen LogP contribution in [0.5, 0.6) is 0 Å². The quantitative estimate of drug-likeness (QED) is 0.103. The van der Waals surface area contributed by atoms with E-state index in [0.29, 0.717) is 28.2 Å². The second-order valence-electron chi connectivity index (χ2n) is 9.75. The molecule has 5 N–H and O–H groups in total. The van der Waals surface area contributed by atoms with Crippen molar-refractivity contribution in [1.29, 1.82) is 0 Å². The average Bonchev–Trinajstić information content (AvgIpc) is 3.39. The molecule has 8 nitrogen and oxygen atoms in total. The monoisotopic (exact) mass is 565 g/mol. The van der Waals surface area contributed by atoms with Crippen LogP contribution in [-0.4, -0.2) is 42.5 Å². The molecule has 0 fully saturated rings. The second-order valence-corrected chi connectivity index (χ2v) is 9.75. The Bertz CT molecular complexity index is 1690. The highest BCUT2D eigenvalue weighted by molar-refractivity contribution is 6.04. The minimum Gasteiger partial charge on any atom is -0.392 e. The number of hydrogen-bond donors (Lipinski definition) is 5. The van der Waals surface area contributed by atoms with Gasteiger partial charge in [-0.3, -0.25) is 9.20 Å². The highest BCUT2D eigenvalue weighted by Gasteiger charge is 2.15. The van der Waals surface area contributed by atoms with Crippen molar-refractivity contribution in [2.24, 2.45) is 0 Å². The summed E-state index contributed by atoms with van der Waals surface area (Å²) >= 11 is 0. The number of allylic oxidation sites excluding steroid dienone is 1. The van der Waals surface area contributed by atoms with Crippen LogP contribution in [-0.2, 0) is 6.54 Å². The lowest BCUT2D eigenvalue weighted by atomic mass is 10.0. The number of imidazole rings is 1. The standard InChI is InChI=1S/C33H36FN7O/c1-6-26(20-36-5)39-31-8-7-15-41-28(21-38-32(31)41)12-10-24-18-29(30(34)17-23(24)3)33(42)40-27-11-9-25(22(2)16-27)19-37-14-13-35-4/h6-9,11,15-18,20-21,35-37,39H,1,13-14,19H2,2-5H3,(H,40,42)/b26-20+. The Labute approximate surface area is 246 Å². The number of anilines is 2. The van der Waals surface area contributed by atoms with E-state index in [4.69, 9.17) is 0 Å². The average molecular weight is 566 g/mol. The zero-order valence-corrected chi connectivity index (χ0v) is 24.4. The summed E-state index contributed by atoms with van der Waals surface area (Å²) in [5.74, 6) is 5.10. The summed E-state index contributed by atoms with van der Waals surface area (Å²) in [5.41, 5.74) is 6.80. The number of carbonyl (C=O) groups excluding carboxylic acids is 1. The van der Waals surface area contributed by atoms with Gasteiger partial charge in [-0.25, -0.2) is 9.37 Å². The number of nitrogens with zero attached hydrogens (tertiary/aromatic N) is 2. The van der Waals surface area contributed by atoms with Gasteiger partial charge in [0.1, 0.15) is 11.5 Å². The first-order chi connectivity index (χ1) is 20.3. The number of carbonyl (C=O) groups is 1. The third-order valence-corrected chi connectivity index (χ3v) is 6.69.